The van der Waals surface area contributed by atoms with Gasteiger partial charge in [0.15, 0.2) is 5.83 Å². The standard InChI is InChI=1S/C6H2F8O2/c7-2(3(8)5(9,10)11)1-16-4(15)6(12,13)14/h1H2/b3-2+. The highest BCUT2D eigenvalue weighted by Gasteiger charge is 2.42. The molecule has 0 aromatic carbocycles. The van der Waals surface area contributed by atoms with E-state index in [1.165, 1.54) is 0 Å². The molecular formula is C6H2F8O2. The Bertz CT molecular complexity index is 299. The van der Waals surface area contributed by atoms with E-state index in [2.05, 4.69) is 4.74 Å². The highest BCUT2D eigenvalue weighted by molar-refractivity contribution is 5.75. The molecule has 0 aromatic heterocycles. The number of carbonyl (C=O) groups is 1. The topological polar surface area (TPSA) is 26.3 Å². The van der Waals surface area contributed by atoms with E-state index >= 15 is 0 Å². The summed E-state index contributed by atoms with van der Waals surface area (Å²) in [5, 5.41) is 0. The lowest BCUT2D eigenvalue weighted by Gasteiger charge is -2.07. The Morgan fingerprint density at radius 2 is 1.38 bits per heavy atom. The van der Waals surface area contributed by atoms with E-state index in [9.17, 15) is 39.9 Å². The minimum Gasteiger partial charge on any atom is -0.452 e. The number of hydrogen-bond donors (Lipinski definition) is 0. The maximum absolute atomic E-state index is 12.2. The number of ether oxygens (including phenoxy) is 1. The molecule has 0 aliphatic rings. The minimum absolute atomic E-state index is 2.08. The van der Waals surface area contributed by atoms with Crippen LogP contribution in [-0.4, -0.2) is 24.9 Å². The number of hydrogen-bond acceptors (Lipinski definition) is 2. The summed E-state index contributed by atoms with van der Waals surface area (Å²) < 4.78 is 95.7. The number of esters is 1. The van der Waals surface area contributed by atoms with Gasteiger partial charge >= 0.3 is 18.3 Å². The SMILES string of the molecule is O=C(OC/C(F)=C(\F)C(F)(F)F)C(F)(F)F. The number of alkyl halides is 6. The molecule has 0 atom stereocenters. The normalized spacial score (nSPS) is 14.5. The van der Waals surface area contributed by atoms with Crippen LogP contribution in [0.15, 0.2) is 11.7 Å². The van der Waals surface area contributed by atoms with Gasteiger partial charge in [-0.25, -0.2) is 9.18 Å². The lowest BCUT2D eigenvalue weighted by Crippen LogP contribution is -2.26. The first-order chi connectivity index (χ1) is 6.96. The molecular weight excluding hydrogens is 256 g/mol. The van der Waals surface area contributed by atoms with Gasteiger partial charge < -0.3 is 4.74 Å². The summed E-state index contributed by atoms with van der Waals surface area (Å²) >= 11 is 0. The predicted molar refractivity (Wildman–Crippen MR) is 32.3 cm³/mol. The van der Waals surface area contributed by atoms with Crippen molar-refractivity contribution in [1.29, 1.82) is 0 Å². The summed E-state index contributed by atoms with van der Waals surface area (Å²) in [6, 6.07) is 0. The molecule has 0 heterocycles. The lowest BCUT2D eigenvalue weighted by molar-refractivity contribution is -0.199. The van der Waals surface area contributed by atoms with E-state index < -0.39 is 36.6 Å². The van der Waals surface area contributed by atoms with Gasteiger partial charge in [-0.2, -0.15) is 30.7 Å². The van der Waals surface area contributed by atoms with Crippen LogP contribution < -0.4 is 0 Å². The van der Waals surface area contributed by atoms with Gasteiger partial charge in [0.25, 0.3) is 0 Å². The highest BCUT2D eigenvalue weighted by atomic mass is 19.4. The molecule has 94 valence electrons. The predicted octanol–water partition coefficient (Wildman–Crippen LogP) is 2.80. The first-order valence-corrected chi connectivity index (χ1v) is 3.31. The smallest absolute Gasteiger partial charge is 0.452 e. The number of allylic oxidation sites excluding steroid dienone is 1. The molecule has 0 aliphatic carbocycles. The zero-order chi connectivity index (χ0) is 13.1. The summed E-state index contributed by atoms with van der Waals surface area (Å²) in [6.45, 7) is -2.08. The summed E-state index contributed by atoms with van der Waals surface area (Å²) in [5.41, 5.74) is 0. The van der Waals surface area contributed by atoms with Gasteiger partial charge in [-0.1, -0.05) is 0 Å². The molecule has 0 fully saturated rings. The Morgan fingerprint density at radius 3 is 1.69 bits per heavy atom. The fourth-order valence-electron chi connectivity index (χ4n) is 0.428. The number of halogens is 8. The van der Waals surface area contributed by atoms with E-state index in [1.54, 1.807) is 0 Å². The lowest BCUT2D eigenvalue weighted by atomic mass is 10.4. The van der Waals surface area contributed by atoms with E-state index in [0.29, 0.717) is 0 Å². The first-order valence-electron chi connectivity index (χ1n) is 3.31. The summed E-state index contributed by atoms with van der Waals surface area (Å²) in [6.07, 6.45) is -11.2. The molecule has 0 N–H and O–H groups in total. The average Bonchev–Trinajstić information content (AvgIpc) is 2.09. The molecule has 0 saturated carbocycles. The van der Waals surface area contributed by atoms with E-state index in [4.69, 9.17) is 0 Å². The van der Waals surface area contributed by atoms with Gasteiger partial charge in [0, 0.05) is 0 Å². The molecule has 0 bridgehead atoms. The molecule has 0 radical (unpaired) electrons. The van der Waals surface area contributed by atoms with Gasteiger partial charge in [0.2, 0.25) is 5.83 Å². The second kappa shape index (κ2) is 4.66. The summed E-state index contributed by atoms with van der Waals surface area (Å²) in [5.74, 6) is -8.81. The van der Waals surface area contributed by atoms with Crippen LogP contribution in [-0.2, 0) is 9.53 Å². The third-order valence-electron chi connectivity index (χ3n) is 1.05. The maximum Gasteiger partial charge on any atom is 0.490 e. The van der Waals surface area contributed by atoms with Gasteiger partial charge in [0.05, 0.1) is 0 Å². The van der Waals surface area contributed by atoms with Gasteiger partial charge in [-0.15, -0.1) is 0 Å². The molecule has 0 unspecified atom stereocenters. The molecule has 0 rings (SSSR count). The van der Waals surface area contributed by atoms with Gasteiger partial charge in [0.1, 0.15) is 6.61 Å². The van der Waals surface area contributed by atoms with Crippen molar-refractivity contribution in [2.24, 2.45) is 0 Å². The molecule has 0 amide bonds. The number of carbonyl (C=O) groups excluding carboxylic acids is 1. The van der Waals surface area contributed by atoms with Gasteiger partial charge in [-0.05, 0) is 0 Å². The first kappa shape index (κ1) is 14.6. The molecule has 0 spiro atoms. The maximum atomic E-state index is 12.2. The molecule has 0 aromatic rings. The van der Waals surface area contributed by atoms with Crippen LogP contribution in [0.5, 0.6) is 0 Å². The van der Waals surface area contributed by atoms with Crippen LogP contribution in [0.2, 0.25) is 0 Å². The van der Waals surface area contributed by atoms with Crippen molar-refractivity contribution in [3.63, 3.8) is 0 Å². The monoisotopic (exact) mass is 258 g/mol. The fraction of sp³-hybridized carbons (Fsp3) is 0.500. The van der Waals surface area contributed by atoms with Crippen LogP contribution in [0.25, 0.3) is 0 Å². The highest BCUT2D eigenvalue weighted by Crippen LogP contribution is 2.30. The molecule has 16 heavy (non-hydrogen) atoms. The molecule has 2 nitrogen and oxygen atoms in total. The van der Waals surface area contributed by atoms with Crippen LogP contribution in [0.1, 0.15) is 0 Å². The van der Waals surface area contributed by atoms with Crippen molar-refractivity contribution in [1.82, 2.24) is 0 Å². The van der Waals surface area contributed by atoms with Crippen molar-refractivity contribution in [3.05, 3.63) is 11.7 Å². The molecule has 0 aliphatic heterocycles. The van der Waals surface area contributed by atoms with Crippen LogP contribution in [0, 0.1) is 0 Å². The van der Waals surface area contributed by atoms with Crippen molar-refractivity contribution >= 4 is 5.97 Å². The van der Waals surface area contributed by atoms with Crippen molar-refractivity contribution in [3.8, 4) is 0 Å². The largest absolute Gasteiger partial charge is 0.490 e. The van der Waals surface area contributed by atoms with Gasteiger partial charge in [-0.3, -0.25) is 0 Å². The van der Waals surface area contributed by atoms with Crippen LogP contribution in [0.4, 0.5) is 35.1 Å². The van der Waals surface area contributed by atoms with Crippen LogP contribution >= 0.6 is 0 Å². The van der Waals surface area contributed by atoms with Crippen molar-refractivity contribution in [2.45, 2.75) is 12.4 Å². The van der Waals surface area contributed by atoms with E-state index in [0.717, 1.165) is 0 Å². The zero-order valence-corrected chi connectivity index (χ0v) is 7.05. The number of rotatable bonds is 2. The Labute approximate surface area is 82.5 Å². The Balaban J connectivity index is 4.50. The average molecular weight is 258 g/mol. The zero-order valence-electron chi connectivity index (χ0n) is 7.05. The Hall–Kier alpha value is -1.35. The molecule has 0 saturated heterocycles. The van der Waals surface area contributed by atoms with Crippen LogP contribution in [0.3, 0.4) is 0 Å². The fourth-order valence-corrected chi connectivity index (χ4v) is 0.428. The Morgan fingerprint density at radius 1 is 0.938 bits per heavy atom. The Kier molecular flexibility index (Phi) is 4.27. The third kappa shape index (κ3) is 4.45. The minimum atomic E-state index is -5.69. The molecule has 10 heteroatoms. The van der Waals surface area contributed by atoms with E-state index in [1.807, 2.05) is 0 Å². The van der Waals surface area contributed by atoms with Crippen molar-refractivity contribution < 1.29 is 44.7 Å². The third-order valence-corrected chi connectivity index (χ3v) is 1.05. The van der Waals surface area contributed by atoms with Crippen molar-refractivity contribution in [2.75, 3.05) is 6.61 Å². The van der Waals surface area contributed by atoms with E-state index in [-0.39, 0.29) is 0 Å². The second-order valence-electron chi connectivity index (χ2n) is 2.29. The quantitative estimate of drug-likeness (QED) is 0.562. The summed E-state index contributed by atoms with van der Waals surface area (Å²) in [7, 11) is 0. The summed E-state index contributed by atoms with van der Waals surface area (Å²) in [4.78, 5) is 9.90. The second-order valence-corrected chi connectivity index (χ2v) is 2.29.